The summed E-state index contributed by atoms with van der Waals surface area (Å²) in [6, 6.07) is 11.5. The van der Waals surface area contributed by atoms with Crippen LogP contribution in [-0.2, 0) is 4.79 Å². The average Bonchev–Trinajstić information content (AvgIpc) is 2.60. The largest absolute Gasteiger partial charge is 0.493 e. The number of hydrogen-bond acceptors (Lipinski definition) is 4. The maximum Gasteiger partial charge on any atom is 0.341 e. The molecule has 0 spiro atoms. The van der Waals surface area contributed by atoms with Crippen LogP contribution in [0, 0.1) is 0 Å². The zero-order chi connectivity index (χ0) is 19.1. The summed E-state index contributed by atoms with van der Waals surface area (Å²) in [5, 5.41) is 12.0. The van der Waals surface area contributed by atoms with Gasteiger partial charge < -0.3 is 19.9 Å². The van der Waals surface area contributed by atoms with Crippen LogP contribution in [0.5, 0.6) is 11.5 Å². The average molecular weight is 378 g/mol. The lowest BCUT2D eigenvalue weighted by atomic mass is 10.1. The van der Waals surface area contributed by atoms with E-state index in [1.165, 1.54) is 0 Å². The number of aliphatic carboxylic acids is 1. The van der Waals surface area contributed by atoms with Crippen LogP contribution in [0.25, 0.3) is 0 Å². The highest BCUT2D eigenvalue weighted by Gasteiger charge is 2.16. The predicted octanol–water partition coefficient (Wildman–Crippen LogP) is 3.69. The van der Waals surface area contributed by atoms with E-state index in [1.54, 1.807) is 42.5 Å². The van der Waals surface area contributed by atoms with E-state index >= 15 is 0 Å². The molecule has 138 valence electrons. The van der Waals surface area contributed by atoms with Crippen LogP contribution in [0.2, 0.25) is 5.02 Å². The van der Waals surface area contributed by atoms with Gasteiger partial charge in [0.1, 0.15) is 11.5 Å². The fourth-order valence-corrected chi connectivity index (χ4v) is 2.48. The number of carbonyl (C=O) groups excluding carboxylic acids is 1. The van der Waals surface area contributed by atoms with Gasteiger partial charge in [-0.3, -0.25) is 4.79 Å². The van der Waals surface area contributed by atoms with E-state index in [1.807, 2.05) is 13.8 Å². The molecule has 1 unspecified atom stereocenters. The molecule has 2 rings (SSSR count). The molecule has 1 amide bonds. The lowest BCUT2D eigenvalue weighted by Crippen LogP contribution is -2.27. The van der Waals surface area contributed by atoms with Gasteiger partial charge in [-0.15, -0.1) is 0 Å². The third-order valence-corrected chi connectivity index (χ3v) is 3.81. The van der Waals surface area contributed by atoms with Gasteiger partial charge in [-0.2, -0.15) is 0 Å². The van der Waals surface area contributed by atoms with Gasteiger partial charge in [0.15, 0.2) is 6.61 Å². The minimum Gasteiger partial charge on any atom is -0.493 e. The molecular weight excluding hydrogens is 358 g/mol. The summed E-state index contributed by atoms with van der Waals surface area (Å²) in [6.45, 7) is 3.71. The second kappa shape index (κ2) is 9.10. The number of ether oxygens (including phenoxy) is 2. The van der Waals surface area contributed by atoms with Crippen LogP contribution in [0.4, 0.5) is 0 Å². The van der Waals surface area contributed by atoms with Crippen LogP contribution in [0.15, 0.2) is 42.5 Å². The lowest BCUT2D eigenvalue weighted by molar-refractivity contribution is -0.139. The monoisotopic (exact) mass is 377 g/mol. The number of amides is 1. The van der Waals surface area contributed by atoms with Gasteiger partial charge in [-0.25, -0.2) is 4.79 Å². The first-order valence-corrected chi connectivity index (χ1v) is 8.46. The number of carboxylic acid groups (broad SMARTS) is 1. The molecule has 0 aliphatic carbocycles. The fourth-order valence-electron chi connectivity index (χ4n) is 2.31. The lowest BCUT2D eigenvalue weighted by Gasteiger charge is -2.17. The van der Waals surface area contributed by atoms with Gasteiger partial charge >= 0.3 is 5.97 Å². The molecule has 0 radical (unpaired) electrons. The highest BCUT2D eigenvalue weighted by molar-refractivity contribution is 6.30. The Hall–Kier alpha value is -2.73. The topological polar surface area (TPSA) is 84.9 Å². The molecule has 0 saturated heterocycles. The quantitative estimate of drug-likeness (QED) is 0.732. The Morgan fingerprint density at radius 1 is 1.15 bits per heavy atom. The Kier molecular flexibility index (Phi) is 6.86. The van der Waals surface area contributed by atoms with Crippen molar-refractivity contribution in [3.8, 4) is 11.5 Å². The van der Waals surface area contributed by atoms with Gasteiger partial charge in [-0.05, 0) is 49.7 Å². The highest BCUT2D eigenvalue weighted by Crippen LogP contribution is 2.25. The molecule has 0 bridgehead atoms. The van der Waals surface area contributed by atoms with Crippen LogP contribution >= 0.6 is 11.6 Å². The summed E-state index contributed by atoms with van der Waals surface area (Å²) in [6.07, 6.45) is 0. The van der Waals surface area contributed by atoms with E-state index in [0.717, 1.165) is 5.56 Å². The van der Waals surface area contributed by atoms with Crippen molar-refractivity contribution in [2.24, 2.45) is 0 Å². The zero-order valence-corrected chi connectivity index (χ0v) is 15.2. The molecule has 1 atom stereocenters. The van der Waals surface area contributed by atoms with Gasteiger partial charge in [0.05, 0.1) is 18.2 Å². The maximum atomic E-state index is 12.6. The Morgan fingerprint density at radius 3 is 2.46 bits per heavy atom. The van der Waals surface area contributed by atoms with E-state index in [0.29, 0.717) is 28.7 Å². The predicted molar refractivity (Wildman–Crippen MR) is 98.1 cm³/mol. The molecule has 0 heterocycles. The number of carbonyl (C=O) groups is 2. The van der Waals surface area contributed by atoms with Crippen molar-refractivity contribution in [2.75, 3.05) is 13.2 Å². The van der Waals surface area contributed by atoms with Gasteiger partial charge in [0.2, 0.25) is 0 Å². The molecule has 6 nitrogen and oxygen atoms in total. The van der Waals surface area contributed by atoms with Gasteiger partial charge in [0, 0.05) is 5.02 Å². The van der Waals surface area contributed by atoms with Crippen molar-refractivity contribution in [3.05, 3.63) is 58.6 Å². The van der Waals surface area contributed by atoms with E-state index in [-0.39, 0.29) is 11.9 Å². The number of carboxylic acids is 1. The Labute approximate surface area is 156 Å². The molecule has 2 aromatic rings. The molecular formula is C19H20ClNO5. The number of rotatable bonds is 8. The van der Waals surface area contributed by atoms with Gasteiger partial charge in [0.25, 0.3) is 5.91 Å². The standard InChI is InChI=1S/C19H20ClNO5/c1-3-25-17-10-14(20)6-9-16(17)19(24)21-12(2)13-4-7-15(8-5-13)26-11-18(22)23/h4-10,12H,3,11H2,1-2H3,(H,21,24)(H,22,23). The van der Waals surface area contributed by atoms with E-state index in [2.05, 4.69) is 5.32 Å². The van der Waals surface area contributed by atoms with Crippen LogP contribution in [-0.4, -0.2) is 30.2 Å². The van der Waals surface area contributed by atoms with Crippen molar-refractivity contribution >= 4 is 23.5 Å². The summed E-state index contributed by atoms with van der Waals surface area (Å²) in [4.78, 5) is 23.1. The Morgan fingerprint density at radius 2 is 1.85 bits per heavy atom. The summed E-state index contributed by atoms with van der Waals surface area (Å²) in [7, 11) is 0. The molecule has 0 saturated carbocycles. The van der Waals surface area contributed by atoms with Crippen LogP contribution in [0.3, 0.4) is 0 Å². The first-order chi connectivity index (χ1) is 12.4. The molecule has 0 aliphatic heterocycles. The Balaban J connectivity index is 2.06. The summed E-state index contributed by atoms with van der Waals surface area (Å²) >= 11 is 5.96. The molecule has 0 aromatic heterocycles. The third kappa shape index (κ3) is 5.39. The second-order valence-electron chi connectivity index (χ2n) is 5.52. The van der Waals surface area contributed by atoms with Crippen molar-refractivity contribution in [3.63, 3.8) is 0 Å². The first kappa shape index (κ1) is 19.6. The minimum absolute atomic E-state index is 0.263. The number of hydrogen-bond donors (Lipinski definition) is 2. The molecule has 2 N–H and O–H groups in total. The van der Waals surface area contributed by atoms with E-state index < -0.39 is 12.6 Å². The normalized spacial score (nSPS) is 11.5. The molecule has 0 fully saturated rings. The molecule has 26 heavy (non-hydrogen) atoms. The van der Waals surface area contributed by atoms with Crippen LogP contribution < -0.4 is 14.8 Å². The molecule has 0 aliphatic rings. The number of halogens is 1. The second-order valence-corrected chi connectivity index (χ2v) is 5.96. The van der Waals surface area contributed by atoms with Crippen LogP contribution in [0.1, 0.15) is 35.8 Å². The van der Waals surface area contributed by atoms with Crippen molar-refractivity contribution in [1.82, 2.24) is 5.32 Å². The first-order valence-electron chi connectivity index (χ1n) is 8.08. The third-order valence-electron chi connectivity index (χ3n) is 3.58. The van der Waals surface area contributed by atoms with Crippen molar-refractivity contribution in [2.45, 2.75) is 19.9 Å². The summed E-state index contributed by atoms with van der Waals surface area (Å²) in [5.74, 6) is -0.431. The number of nitrogens with one attached hydrogen (secondary N) is 1. The van der Waals surface area contributed by atoms with Gasteiger partial charge in [-0.1, -0.05) is 23.7 Å². The van der Waals surface area contributed by atoms with E-state index in [4.69, 9.17) is 26.2 Å². The Bertz CT molecular complexity index is 776. The fraction of sp³-hybridized carbons (Fsp3) is 0.263. The maximum absolute atomic E-state index is 12.6. The molecule has 7 heteroatoms. The zero-order valence-electron chi connectivity index (χ0n) is 14.5. The van der Waals surface area contributed by atoms with Crippen molar-refractivity contribution in [1.29, 1.82) is 0 Å². The number of benzene rings is 2. The summed E-state index contributed by atoms with van der Waals surface area (Å²) in [5.41, 5.74) is 1.26. The van der Waals surface area contributed by atoms with Crippen molar-refractivity contribution < 1.29 is 24.2 Å². The molecule has 2 aromatic carbocycles. The minimum atomic E-state index is -1.04. The highest BCUT2D eigenvalue weighted by atomic mass is 35.5. The van der Waals surface area contributed by atoms with E-state index in [9.17, 15) is 9.59 Å². The smallest absolute Gasteiger partial charge is 0.341 e. The SMILES string of the molecule is CCOc1cc(Cl)ccc1C(=O)NC(C)c1ccc(OCC(=O)O)cc1. The summed E-state index contributed by atoms with van der Waals surface area (Å²) < 4.78 is 10.6.